The highest BCUT2D eigenvalue weighted by Gasteiger charge is 2.37. The third-order valence-corrected chi connectivity index (χ3v) is 8.13. The molecule has 2 aromatic carbocycles. The van der Waals surface area contributed by atoms with E-state index in [1.54, 1.807) is 6.20 Å². The predicted octanol–water partition coefficient (Wildman–Crippen LogP) is 4.17. The zero-order valence-corrected chi connectivity index (χ0v) is 21.1. The molecule has 0 amide bonds. The van der Waals surface area contributed by atoms with Crippen LogP contribution in [0.1, 0.15) is 31.5 Å². The second-order valence-electron chi connectivity index (χ2n) is 10.2. The number of piperazine rings is 1. The van der Waals surface area contributed by atoms with Crippen molar-refractivity contribution < 1.29 is 0 Å². The highest BCUT2D eigenvalue weighted by molar-refractivity contribution is 5.91. The molecule has 2 aliphatic rings. The molecule has 188 valence electrons. The Morgan fingerprint density at radius 2 is 1.81 bits per heavy atom. The van der Waals surface area contributed by atoms with Gasteiger partial charge in [0.15, 0.2) is 0 Å². The smallest absolute Gasteiger partial charge is 0.150 e. The molecule has 3 N–H and O–H groups in total. The molecule has 8 heteroatoms. The normalized spacial score (nSPS) is 20.5. The van der Waals surface area contributed by atoms with E-state index in [9.17, 15) is 0 Å². The molecule has 1 saturated heterocycles. The summed E-state index contributed by atoms with van der Waals surface area (Å²) in [5.41, 5.74) is 12.5. The number of nitrogens with one attached hydrogen (secondary N) is 1. The van der Waals surface area contributed by atoms with Crippen molar-refractivity contribution in [2.75, 3.05) is 31.9 Å². The molecular formula is C29H32N8. The summed E-state index contributed by atoms with van der Waals surface area (Å²) in [4.78, 5) is 17.3. The van der Waals surface area contributed by atoms with Crippen LogP contribution >= 0.6 is 0 Å². The van der Waals surface area contributed by atoms with Crippen LogP contribution in [0, 0.1) is 0 Å². The second-order valence-corrected chi connectivity index (χ2v) is 10.2. The summed E-state index contributed by atoms with van der Waals surface area (Å²) in [6, 6.07) is 17.5. The average molecular weight is 493 g/mol. The molecule has 0 radical (unpaired) electrons. The number of imidazole rings is 2. The Morgan fingerprint density at radius 1 is 1.00 bits per heavy atom. The van der Waals surface area contributed by atoms with Crippen molar-refractivity contribution in [3.05, 3.63) is 66.7 Å². The summed E-state index contributed by atoms with van der Waals surface area (Å²) >= 11 is 0. The first-order valence-corrected chi connectivity index (χ1v) is 13.3. The molecule has 0 spiro atoms. The van der Waals surface area contributed by atoms with Crippen LogP contribution in [0.15, 0.2) is 60.9 Å². The summed E-state index contributed by atoms with van der Waals surface area (Å²) < 4.78 is 4.44. The van der Waals surface area contributed by atoms with E-state index < -0.39 is 0 Å². The van der Waals surface area contributed by atoms with E-state index in [2.05, 4.69) is 73.6 Å². The number of nitrogens with two attached hydrogens (primary N) is 1. The van der Waals surface area contributed by atoms with Crippen LogP contribution < -0.4 is 11.1 Å². The number of nitrogens with zero attached hydrogens (tertiary/aromatic N) is 6. The molecule has 4 heterocycles. The quantitative estimate of drug-likeness (QED) is 0.383. The van der Waals surface area contributed by atoms with Crippen LogP contribution in [0.5, 0.6) is 0 Å². The number of fused-ring (bicyclic) bond motifs is 2. The van der Waals surface area contributed by atoms with Crippen molar-refractivity contribution in [3.8, 4) is 22.6 Å². The predicted molar refractivity (Wildman–Crippen MR) is 147 cm³/mol. The lowest BCUT2D eigenvalue weighted by Crippen LogP contribution is -2.52. The van der Waals surface area contributed by atoms with Crippen LogP contribution in [0.4, 0.5) is 5.82 Å². The van der Waals surface area contributed by atoms with E-state index in [0.717, 1.165) is 90.6 Å². The largest absolute Gasteiger partial charge is 0.382 e. The topological polar surface area (TPSA) is 89.3 Å². The standard InChI is InChI=1S/C29H32N8/c1-2-36-24-9-8-20(18-23(24)33-28(36)19-6-4-3-5-7-19)25-26-27(30)32-12-15-37(26)29(34-25)21-16-22(17-21)35-13-10-31-11-14-35/h3-9,12,15,18,21-22,31H,2,10-11,13-14,16-17H2,1H3,(H2,30,32). The van der Waals surface area contributed by atoms with Gasteiger partial charge in [0.2, 0.25) is 0 Å². The van der Waals surface area contributed by atoms with Gasteiger partial charge >= 0.3 is 0 Å². The number of aromatic nitrogens is 5. The lowest BCUT2D eigenvalue weighted by Gasteiger charge is -2.44. The van der Waals surface area contributed by atoms with Gasteiger partial charge in [-0.05, 0) is 31.9 Å². The average Bonchev–Trinajstić information content (AvgIpc) is 3.48. The third-order valence-electron chi connectivity index (χ3n) is 8.13. The number of aryl methyl sites for hydroxylation is 1. The molecule has 1 aliphatic carbocycles. The molecule has 8 nitrogen and oxygen atoms in total. The van der Waals surface area contributed by atoms with Crippen LogP contribution in [-0.2, 0) is 6.54 Å². The Labute approximate surface area is 216 Å². The first-order chi connectivity index (χ1) is 18.2. The summed E-state index contributed by atoms with van der Waals surface area (Å²) in [5.74, 6) is 3.02. The van der Waals surface area contributed by atoms with Crippen molar-refractivity contribution in [1.82, 2.24) is 34.1 Å². The minimum atomic E-state index is 0.427. The van der Waals surface area contributed by atoms with Crippen LogP contribution in [-0.4, -0.2) is 61.0 Å². The highest BCUT2D eigenvalue weighted by atomic mass is 15.2. The second kappa shape index (κ2) is 8.97. The minimum absolute atomic E-state index is 0.427. The molecule has 2 fully saturated rings. The van der Waals surface area contributed by atoms with Crippen LogP contribution in [0.3, 0.4) is 0 Å². The van der Waals surface area contributed by atoms with E-state index >= 15 is 0 Å². The SMILES string of the molecule is CCn1c(-c2ccccc2)nc2cc(-c3nc(C4CC(N5CCNCC5)C4)n4ccnc(N)c34)ccc21. The molecule has 5 aromatic rings. The van der Waals surface area contributed by atoms with Crippen molar-refractivity contribution >= 4 is 22.4 Å². The number of hydrogen-bond donors (Lipinski definition) is 2. The Bertz CT molecular complexity index is 1570. The lowest BCUT2D eigenvalue weighted by atomic mass is 9.78. The van der Waals surface area contributed by atoms with Gasteiger partial charge in [-0.2, -0.15) is 0 Å². The number of benzene rings is 2. The number of anilines is 1. The van der Waals surface area contributed by atoms with Crippen LogP contribution in [0.25, 0.3) is 39.2 Å². The molecule has 1 saturated carbocycles. The minimum Gasteiger partial charge on any atom is -0.382 e. The first-order valence-electron chi connectivity index (χ1n) is 13.3. The maximum atomic E-state index is 6.44. The Morgan fingerprint density at radius 3 is 2.59 bits per heavy atom. The fraction of sp³-hybridized carbons (Fsp3) is 0.345. The van der Waals surface area contributed by atoms with Gasteiger partial charge in [0.05, 0.1) is 11.0 Å². The van der Waals surface area contributed by atoms with Gasteiger partial charge in [0.25, 0.3) is 0 Å². The summed E-state index contributed by atoms with van der Waals surface area (Å²) in [5, 5.41) is 3.46. The van der Waals surface area contributed by atoms with Crippen molar-refractivity contribution in [3.63, 3.8) is 0 Å². The van der Waals surface area contributed by atoms with Gasteiger partial charge in [-0.25, -0.2) is 15.0 Å². The summed E-state index contributed by atoms with van der Waals surface area (Å²) in [6.45, 7) is 7.46. The summed E-state index contributed by atoms with van der Waals surface area (Å²) in [7, 11) is 0. The van der Waals surface area contributed by atoms with Gasteiger partial charge in [-0.1, -0.05) is 36.4 Å². The van der Waals surface area contributed by atoms with E-state index in [4.69, 9.17) is 15.7 Å². The molecular weight excluding hydrogens is 460 g/mol. The van der Waals surface area contributed by atoms with E-state index in [-0.39, 0.29) is 0 Å². The zero-order chi connectivity index (χ0) is 24.9. The maximum Gasteiger partial charge on any atom is 0.150 e. The molecule has 7 rings (SSSR count). The van der Waals surface area contributed by atoms with E-state index in [1.807, 2.05) is 12.3 Å². The molecule has 3 aromatic heterocycles. The van der Waals surface area contributed by atoms with Gasteiger partial charge in [-0.3, -0.25) is 9.30 Å². The summed E-state index contributed by atoms with van der Waals surface area (Å²) in [6.07, 6.45) is 6.07. The Kier molecular flexibility index (Phi) is 5.44. The van der Waals surface area contributed by atoms with Crippen LogP contribution in [0.2, 0.25) is 0 Å². The number of rotatable bonds is 5. The van der Waals surface area contributed by atoms with Gasteiger partial charge in [0.1, 0.15) is 28.7 Å². The molecule has 37 heavy (non-hydrogen) atoms. The third kappa shape index (κ3) is 3.70. The van der Waals surface area contributed by atoms with E-state index in [1.165, 1.54) is 0 Å². The number of nitrogen functional groups attached to an aromatic ring is 1. The lowest BCUT2D eigenvalue weighted by molar-refractivity contribution is 0.0928. The fourth-order valence-electron chi connectivity index (χ4n) is 6.13. The number of hydrogen-bond acceptors (Lipinski definition) is 6. The molecule has 0 bridgehead atoms. The van der Waals surface area contributed by atoms with Crippen molar-refractivity contribution in [2.24, 2.45) is 0 Å². The Balaban J connectivity index is 1.28. The monoisotopic (exact) mass is 492 g/mol. The van der Waals surface area contributed by atoms with Crippen molar-refractivity contribution in [1.29, 1.82) is 0 Å². The molecule has 0 atom stereocenters. The van der Waals surface area contributed by atoms with Gasteiger partial charge in [0, 0.05) is 68.2 Å². The van der Waals surface area contributed by atoms with E-state index in [0.29, 0.717) is 17.8 Å². The highest BCUT2D eigenvalue weighted by Crippen LogP contribution is 2.42. The maximum absolute atomic E-state index is 6.44. The van der Waals surface area contributed by atoms with Crippen molar-refractivity contribution in [2.45, 2.75) is 38.3 Å². The van der Waals surface area contributed by atoms with Gasteiger partial charge < -0.3 is 15.6 Å². The fourth-order valence-corrected chi connectivity index (χ4v) is 6.13. The Hall–Kier alpha value is -3.75. The zero-order valence-electron chi connectivity index (χ0n) is 21.1. The first kappa shape index (κ1) is 22.4. The molecule has 1 aliphatic heterocycles. The van der Waals surface area contributed by atoms with Gasteiger partial charge in [-0.15, -0.1) is 0 Å². The molecule has 0 unspecified atom stereocenters.